The van der Waals surface area contributed by atoms with Crippen LogP contribution in [0.2, 0.25) is 0 Å². The van der Waals surface area contributed by atoms with E-state index in [1.54, 1.807) is 48.5 Å². The summed E-state index contributed by atoms with van der Waals surface area (Å²) >= 11 is 0. The van der Waals surface area contributed by atoms with E-state index in [1.165, 1.54) is 12.1 Å². The number of amides is 1. The van der Waals surface area contributed by atoms with Crippen LogP contribution in [0, 0.1) is 5.82 Å². The average molecular weight is 411 g/mol. The minimum absolute atomic E-state index is 0.0971. The molecular formula is C22H22FN3O4. The molecule has 0 saturated heterocycles. The maximum Gasteiger partial charge on any atom is 0.258 e. The van der Waals surface area contributed by atoms with Crippen LogP contribution < -0.4 is 19.5 Å². The summed E-state index contributed by atoms with van der Waals surface area (Å²) in [4.78, 5) is 11.9. The largest absolute Gasteiger partial charge is 0.494 e. The van der Waals surface area contributed by atoms with E-state index in [9.17, 15) is 9.18 Å². The van der Waals surface area contributed by atoms with Gasteiger partial charge in [-0.2, -0.15) is 0 Å². The number of nitrogens with one attached hydrogen (secondary N) is 1. The molecule has 0 saturated carbocycles. The van der Waals surface area contributed by atoms with Crippen LogP contribution in [0.15, 0.2) is 60.7 Å². The highest BCUT2D eigenvalue weighted by Gasteiger charge is 2.05. The predicted molar refractivity (Wildman–Crippen MR) is 109 cm³/mol. The number of aromatic nitrogens is 2. The zero-order chi connectivity index (χ0) is 21.2. The highest BCUT2D eigenvalue weighted by Crippen LogP contribution is 2.18. The molecule has 30 heavy (non-hydrogen) atoms. The van der Waals surface area contributed by atoms with Crippen LogP contribution in [0.25, 0.3) is 11.3 Å². The third kappa shape index (κ3) is 6.44. The Bertz CT molecular complexity index is 932. The van der Waals surface area contributed by atoms with Gasteiger partial charge in [0.25, 0.3) is 5.91 Å². The highest BCUT2D eigenvalue weighted by molar-refractivity contribution is 5.77. The Kier molecular flexibility index (Phi) is 7.54. The molecule has 2 aromatic carbocycles. The molecule has 8 heteroatoms. The molecule has 1 heterocycles. The number of hydrogen-bond acceptors (Lipinski definition) is 6. The molecular weight excluding hydrogens is 389 g/mol. The van der Waals surface area contributed by atoms with E-state index < -0.39 is 0 Å². The van der Waals surface area contributed by atoms with Crippen LogP contribution in [0.3, 0.4) is 0 Å². The van der Waals surface area contributed by atoms with E-state index in [4.69, 9.17) is 14.2 Å². The van der Waals surface area contributed by atoms with Gasteiger partial charge in [-0.1, -0.05) is 0 Å². The fourth-order valence-electron chi connectivity index (χ4n) is 2.52. The molecule has 1 amide bonds. The molecule has 1 aromatic heterocycles. The van der Waals surface area contributed by atoms with Crippen LogP contribution >= 0.6 is 0 Å². The van der Waals surface area contributed by atoms with Gasteiger partial charge in [-0.25, -0.2) is 4.39 Å². The van der Waals surface area contributed by atoms with Crippen molar-refractivity contribution in [1.29, 1.82) is 0 Å². The molecule has 3 aromatic rings. The first kappa shape index (κ1) is 21.0. The SMILES string of the molecule is CCOc1ccc(OCC(=O)NCCOc2ccc(-c3ccc(F)cc3)nn2)cc1. The first-order chi connectivity index (χ1) is 14.6. The first-order valence-electron chi connectivity index (χ1n) is 9.49. The van der Waals surface area contributed by atoms with Crippen LogP contribution in [0.1, 0.15) is 6.92 Å². The average Bonchev–Trinajstić information content (AvgIpc) is 2.77. The van der Waals surface area contributed by atoms with E-state index in [2.05, 4.69) is 15.5 Å². The van der Waals surface area contributed by atoms with E-state index in [0.29, 0.717) is 30.5 Å². The first-order valence-corrected chi connectivity index (χ1v) is 9.49. The van der Waals surface area contributed by atoms with E-state index in [1.807, 2.05) is 6.92 Å². The van der Waals surface area contributed by atoms with E-state index in [0.717, 1.165) is 11.3 Å². The molecule has 156 valence electrons. The lowest BCUT2D eigenvalue weighted by atomic mass is 10.1. The molecule has 0 unspecified atom stereocenters. The molecule has 0 spiro atoms. The number of ether oxygens (including phenoxy) is 3. The molecule has 7 nitrogen and oxygen atoms in total. The summed E-state index contributed by atoms with van der Waals surface area (Å²) in [5, 5.41) is 10.7. The maximum absolute atomic E-state index is 13.0. The topological polar surface area (TPSA) is 82.6 Å². The fraction of sp³-hybridized carbons (Fsp3) is 0.227. The second kappa shape index (κ2) is 10.8. The zero-order valence-electron chi connectivity index (χ0n) is 16.5. The Morgan fingerprint density at radius 3 is 2.23 bits per heavy atom. The summed E-state index contributed by atoms with van der Waals surface area (Å²) in [5.41, 5.74) is 1.37. The second-order valence-electron chi connectivity index (χ2n) is 6.16. The Morgan fingerprint density at radius 2 is 1.60 bits per heavy atom. The van der Waals surface area contributed by atoms with E-state index in [-0.39, 0.29) is 24.9 Å². The number of nitrogens with zero attached hydrogens (tertiary/aromatic N) is 2. The van der Waals surface area contributed by atoms with Crippen LogP contribution in [0.4, 0.5) is 4.39 Å². The monoisotopic (exact) mass is 411 g/mol. The quantitative estimate of drug-likeness (QED) is 0.516. The van der Waals surface area contributed by atoms with Crippen LogP contribution in [0.5, 0.6) is 17.4 Å². The van der Waals surface area contributed by atoms with Crippen molar-refractivity contribution in [3.8, 4) is 28.6 Å². The summed E-state index contributed by atoms with van der Waals surface area (Å²) in [6.45, 7) is 2.94. The summed E-state index contributed by atoms with van der Waals surface area (Å²) in [6, 6.07) is 16.5. The van der Waals surface area contributed by atoms with E-state index >= 15 is 0 Å². The fourth-order valence-corrected chi connectivity index (χ4v) is 2.52. The van der Waals surface area contributed by atoms with Crippen molar-refractivity contribution in [2.45, 2.75) is 6.92 Å². The molecule has 1 N–H and O–H groups in total. The van der Waals surface area contributed by atoms with Crippen LogP contribution in [-0.4, -0.2) is 42.5 Å². The molecule has 0 aliphatic heterocycles. The van der Waals surface area contributed by atoms with Gasteiger partial charge in [-0.05, 0) is 61.5 Å². The zero-order valence-corrected chi connectivity index (χ0v) is 16.5. The van der Waals surface area contributed by atoms with Gasteiger partial charge >= 0.3 is 0 Å². The third-order valence-corrected chi connectivity index (χ3v) is 3.96. The standard InChI is InChI=1S/C22H22FN3O4/c1-2-28-18-7-9-19(10-8-18)30-15-21(27)24-13-14-29-22-12-11-20(25-26-22)16-3-5-17(23)6-4-16/h3-12H,2,13-15H2,1H3,(H,24,27). The van der Waals surface area contributed by atoms with Crippen molar-refractivity contribution < 1.29 is 23.4 Å². The van der Waals surface area contributed by atoms with Gasteiger partial charge in [0.15, 0.2) is 6.61 Å². The van der Waals surface area contributed by atoms with Crippen molar-refractivity contribution in [3.05, 3.63) is 66.5 Å². The molecule has 0 aliphatic rings. The summed E-state index contributed by atoms with van der Waals surface area (Å²) in [5.74, 6) is 1.10. The molecule has 0 fully saturated rings. The Hall–Kier alpha value is -3.68. The Labute approximate surface area is 173 Å². The number of rotatable bonds is 10. The van der Waals surface area contributed by atoms with Crippen molar-refractivity contribution in [2.24, 2.45) is 0 Å². The van der Waals surface area contributed by atoms with Gasteiger partial charge in [-0.3, -0.25) is 4.79 Å². The normalized spacial score (nSPS) is 10.3. The number of benzene rings is 2. The third-order valence-electron chi connectivity index (χ3n) is 3.96. The minimum Gasteiger partial charge on any atom is -0.494 e. The van der Waals surface area contributed by atoms with Crippen molar-refractivity contribution in [1.82, 2.24) is 15.5 Å². The van der Waals surface area contributed by atoms with Crippen LogP contribution in [-0.2, 0) is 4.79 Å². The number of carbonyl (C=O) groups is 1. The van der Waals surface area contributed by atoms with Gasteiger partial charge in [0.2, 0.25) is 5.88 Å². The number of hydrogen-bond donors (Lipinski definition) is 1. The second-order valence-corrected chi connectivity index (χ2v) is 6.16. The Morgan fingerprint density at radius 1 is 0.900 bits per heavy atom. The number of halogens is 1. The smallest absolute Gasteiger partial charge is 0.258 e. The van der Waals surface area contributed by atoms with Gasteiger partial charge in [-0.15, -0.1) is 10.2 Å². The highest BCUT2D eigenvalue weighted by atomic mass is 19.1. The summed E-state index contributed by atoms with van der Waals surface area (Å²) in [7, 11) is 0. The lowest BCUT2D eigenvalue weighted by Gasteiger charge is -2.09. The summed E-state index contributed by atoms with van der Waals surface area (Å²) in [6.07, 6.45) is 0. The lowest BCUT2D eigenvalue weighted by molar-refractivity contribution is -0.123. The molecule has 0 bridgehead atoms. The van der Waals surface area contributed by atoms with Gasteiger partial charge in [0.1, 0.15) is 23.9 Å². The maximum atomic E-state index is 13.0. The molecule has 0 atom stereocenters. The van der Waals surface area contributed by atoms with Gasteiger partial charge in [0, 0.05) is 11.6 Å². The van der Waals surface area contributed by atoms with Gasteiger partial charge < -0.3 is 19.5 Å². The molecule has 0 aliphatic carbocycles. The Balaban J connectivity index is 1.35. The number of carbonyl (C=O) groups excluding carboxylic acids is 1. The molecule has 0 radical (unpaired) electrons. The van der Waals surface area contributed by atoms with Crippen molar-refractivity contribution in [2.75, 3.05) is 26.4 Å². The van der Waals surface area contributed by atoms with Crippen molar-refractivity contribution in [3.63, 3.8) is 0 Å². The predicted octanol–water partition coefficient (Wildman–Crippen LogP) is 3.26. The van der Waals surface area contributed by atoms with Gasteiger partial charge in [0.05, 0.1) is 18.8 Å². The lowest BCUT2D eigenvalue weighted by Crippen LogP contribution is -2.32. The summed E-state index contributed by atoms with van der Waals surface area (Å²) < 4.78 is 29.2. The molecule has 3 rings (SSSR count). The van der Waals surface area contributed by atoms with Crippen molar-refractivity contribution >= 4 is 5.91 Å². The minimum atomic E-state index is -0.307.